The summed E-state index contributed by atoms with van der Waals surface area (Å²) in [7, 11) is -1.66. The molecule has 88 valence electrons. The minimum atomic E-state index is -3.26. The third kappa shape index (κ3) is 1.98. The minimum Gasteiger partial charge on any atom is -0.201 e. The fourth-order valence-electron chi connectivity index (χ4n) is 2.03. The van der Waals surface area contributed by atoms with Crippen molar-refractivity contribution in [1.29, 1.82) is 0 Å². The minimum absolute atomic E-state index is 0.165. The van der Waals surface area contributed by atoms with Gasteiger partial charge in [-0.25, -0.2) is 4.72 Å². The fraction of sp³-hybridized carbons (Fsp3) is 0.455. The molecule has 1 saturated heterocycles. The van der Waals surface area contributed by atoms with E-state index in [1.165, 1.54) is 4.31 Å². The first-order valence-electron chi connectivity index (χ1n) is 5.20. The number of benzene rings is 1. The maximum Gasteiger partial charge on any atom is 0.279 e. The number of nitrogens with zero attached hydrogens (tertiary/aromatic N) is 1. The number of nitrogens with one attached hydrogen (secondary N) is 1. The zero-order valence-electron chi connectivity index (χ0n) is 9.47. The van der Waals surface area contributed by atoms with Crippen LogP contribution in [0.1, 0.15) is 12.5 Å². The van der Waals surface area contributed by atoms with E-state index in [4.69, 9.17) is 0 Å². The van der Waals surface area contributed by atoms with Gasteiger partial charge in [-0.1, -0.05) is 37.3 Å². The van der Waals surface area contributed by atoms with Crippen LogP contribution in [-0.2, 0) is 15.6 Å². The highest BCUT2D eigenvalue weighted by Crippen LogP contribution is 2.27. The van der Waals surface area contributed by atoms with E-state index < -0.39 is 10.2 Å². The molecule has 5 heteroatoms. The van der Waals surface area contributed by atoms with E-state index in [2.05, 4.69) is 11.6 Å². The van der Waals surface area contributed by atoms with E-state index in [0.717, 1.165) is 5.56 Å². The van der Waals surface area contributed by atoms with Crippen LogP contribution in [-0.4, -0.2) is 32.9 Å². The maximum absolute atomic E-state index is 11.5. The molecule has 1 fully saturated rings. The van der Waals surface area contributed by atoms with E-state index in [1.807, 2.05) is 30.3 Å². The van der Waals surface area contributed by atoms with Crippen LogP contribution in [0.15, 0.2) is 30.3 Å². The Labute approximate surface area is 96.5 Å². The summed E-state index contributed by atoms with van der Waals surface area (Å²) in [5.74, 6) is 0. The van der Waals surface area contributed by atoms with Gasteiger partial charge >= 0.3 is 0 Å². The first-order valence-corrected chi connectivity index (χ1v) is 6.64. The molecule has 16 heavy (non-hydrogen) atoms. The Morgan fingerprint density at radius 3 is 2.50 bits per heavy atom. The van der Waals surface area contributed by atoms with Gasteiger partial charge in [-0.05, 0) is 5.56 Å². The molecule has 1 aliphatic heterocycles. The molecule has 0 bridgehead atoms. The monoisotopic (exact) mass is 240 g/mol. The largest absolute Gasteiger partial charge is 0.279 e. The van der Waals surface area contributed by atoms with E-state index in [1.54, 1.807) is 7.05 Å². The lowest BCUT2D eigenvalue weighted by atomic mass is 9.82. The topological polar surface area (TPSA) is 49.4 Å². The molecule has 1 aromatic carbocycles. The van der Waals surface area contributed by atoms with Gasteiger partial charge in [0, 0.05) is 25.6 Å². The molecule has 1 aromatic rings. The molecule has 0 aliphatic carbocycles. The van der Waals surface area contributed by atoms with Gasteiger partial charge < -0.3 is 0 Å². The highest BCUT2D eigenvalue weighted by atomic mass is 32.2. The highest BCUT2D eigenvalue weighted by molar-refractivity contribution is 7.87. The van der Waals surface area contributed by atoms with Crippen LogP contribution < -0.4 is 4.72 Å². The molecule has 1 aliphatic rings. The summed E-state index contributed by atoms with van der Waals surface area (Å²) in [6.45, 7) is 3.02. The Kier molecular flexibility index (Phi) is 2.77. The van der Waals surface area contributed by atoms with Crippen LogP contribution in [0, 0.1) is 0 Å². The number of hydrogen-bond donors (Lipinski definition) is 1. The van der Waals surface area contributed by atoms with Crippen LogP contribution in [0.3, 0.4) is 0 Å². The zero-order chi connectivity index (χ0) is 11.8. The van der Waals surface area contributed by atoms with Crippen molar-refractivity contribution in [2.24, 2.45) is 0 Å². The lowest BCUT2D eigenvalue weighted by Gasteiger charge is -2.38. The number of rotatable bonds is 1. The first-order chi connectivity index (χ1) is 7.44. The van der Waals surface area contributed by atoms with Crippen LogP contribution in [0.5, 0.6) is 0 Å². The Balaban J connectivity index is 2.30. The van der Waals surface area contributed by atoms with Gasteiger partial charge in [0.15, 0.2) is 0 Å². The summed E-state index contributed by atoms with van der Waals surface area (Å²) in [6.07, 6.45) is 0. The van der Waals surface area contributed by atoms with Crippen molar-refractivity contribution in [1.82, 2.24) is 9.03 Å². The normalized spacial score (nSPS) is 30.1. The van der Waals surface area contributed by atoms with Gasteiger partial charge in [0.05, 0.1) is 0 Å². The number of likely N-dealkylation sites (N-methyl/N-ethyl adjacent to an activating group) is 1. The summed E-state index contributed by atoms with van der Waals surface area (Å²) >= 11 is 0. The average Bonchev–Trinajstić information content (AvgIpc) is 2.26. The van der Waals surface area contributed by atoms with Crippen LogP contribution in [0.4, 0.5) is 0 Å². The molecule has 0 aromatic heterocycles. The Morgan fingerprint density at radius 1 is 1.31 bits per heavy atom. The lowest BCUT2D eigenvalue weighted by molar-refractivity contribution is 0.314. The number of hydrogen-bond acceptors (Lipinski definition) is 2. The van der Waals surface area contributed by atoms with E-state index >= 15 is 0 Å². The maximum atomic E-state index is 11.5. The molecule has 0 unspecified atom stereocenters. The lowest BCUT2D eigenvalue weighted by Crippen LogP contribution is -2.56. The van der Waals surface area contributed by atoms with Gasteiger partial charge in [0.25, 0.3) is 10.2 Å². The average molecular weight is 240 g/mol. The SMILES string of the molecule is CN1C[C@](C)(c2ccccc2)CNS1(=O)=O. The molecule has 4 nitrogen and oxygen atoms in total. The molecule has 2 rings (SSSR count). The van der Waals surface area contributed by atoms with Crippen molar-refractivity contribution in [3.63, 3.8) is 0 Å². The van der Waals surface area contributed by atoms with Crippen LogP contribution in [0.25, 0.3) is 0 Å². The second-order valence-corrected chi connectivity index (χ2v) is 6.37. The predicted molar refractivity (Wildman–Crippen MR) is 63.3 cm³/mol. The molecular weight excluding hydrogens is 224 g/mol. The third-order valence-corrected chi connectivity index (χ3v) is 4.56. The van der Waals surface area contributed by atoms with Crippen molar-refractivity contribution in [2.75, 3.05) is 20.1 Å². The quantitative estimate of drug-likeness (QED) is 0.786. The summed E-state index contributed by atoms with van der Waals surface area (Å²) in [5.41, 5.74) is 0.991. The van der Waals surface area contributed by atoms with Crippen molar-refractivity contribution >= 4 is 10.2 Å². The standard InChI is InChI=1S/C11H16N2O2S/c1-11(10-6-4-3-5-7-10)8-12-16(14,15)13(2)9-11/h3-7,12H,8-9H2,1-2H3/t11-/m1/s1. The van der Waals surface area contributed by atoms with Crippen molar-refractivity contribution in [3.8, 4) is 0 Å². The summed E-state index contributed by atoms with van der Waals surface area (Å²) < 4.78 is 27.0. The molecule has 1 atom stereocenters. The first kappa shape index (κ1) is 11.6. The van der Waals surface area contributed by atoms with E-state index in [0.29, 0.717) is 13.1 Å². The van der Waals surface area contributed by atoms with Gasteiger partial charge in [-0.3, -0.25) is 0 Å². The molecule has 0 saturated carbocycles. The Morgan fingerprint density at radius 2 is 1.94 bits per heavy atom. The van der Waals surface area contributed by atoms with Crippen molar-refractivity contribution < 1.29 is 8.42 Å². The molecule has 0 radical (unpaired) electrons. The fourth-order valence-corrected chi connectivity index (χ4v) is 3.20. The van der Waals surface area contributed by atoms with Crippen LogP contribution in [0.2, 0.25) is 0 Å². The van der Waals surface area contributed by atoms with Crippen molar-refractivity contribution in [3.05, 3.63) is 35.9 Å². The predicted octanol–water partition coefficient (Wildman–Crippen LogP) is 0.724. The van der Waals surface area contributed by atoms with Gasteiger partial charge in [0.1, 0.15) is 0 Å². The molecule has 1 N–H and O–H groups in total. The van der Waals surface area contributed by atoms with E-state index in [9.17, 15) is 8.42 Å². The molecule has 1 heterocycles. The smallest absolute Gasteiger partial charge is 0.201 e. The Hall–Kier alpha value is -0.910. The summed E-state index contributed by atoms with van der Waals surface area (Å²) in [6, 6.07) is 9.98. The van der Waals surface area contributed by atoms with E-state index in [-0.39, 0.29) is 5.41 Å². The van der Waals surface area contributed by atoms with Gasteiger partial charge in [-0.2, -0.15) is 12.7 Å². The second kappa shape index (κ2) is 3.84. The van der Waals surface area contributed by atoms with Crippen LogP contribution >= 0.6 is 0 Å². The van der Waals surface area contributed by atoms with Gasteiger partial charge in [-0.15, -0.1) is 0 Å². The molecular formula is C11H16N2O2S. The van der Waals surface area contributed by atoms with Crippen molar-refractivity contribution in [2.45, 2.75) is 12.3 Å². The summed E-state index contributed by atoms with van der Waals surface area (Å²) in [4.78, 5) is 0. The molecule has 0 amide bonds. The van der Waals surface area contributed by atoms with Gasteiger partial charge in [0.2, 0.25) is 0 Å². The molecule has 0 spiro atoms. The third-order valence-electron chi connectivity index (χ3n) is 3.10. The second-order valence-electron chi connectivity index (χ2n) is 4.51. The highest BCUT2D eigenvalue weighted by Gasteiger charge is 2.37. The zero-order valence-corrected chi connectivity index (χ0v) is 10.3. The Bertz CT molecular complexity index is 472. The summed E-state index contributed by atoms with van der Waals surface area (Å²) in [5, 5.41) is 0.